The largest absolute Gasteiger partial charge is 4.00 e. The van der Waals surface area contributed by atoms with E-state index in [1.807, 2.05) is 60.7 Å². The van der Waals surface area contributed by atoms with Crippen LogP contribution in [0.2, 0.25) is 0 Å². The zero-order valence-electron chi connectivity index (χ0n) is 24.9. The van der Waals surface area contributed by atoms with Gasteiger partial charge in [0, 0.05) is 46.9 Å². The summed E-state index contributed by atoms with van der Waals surface area (Å²) in [6, 6.07) is 27.7. The van der Waals surface area contributed by atoms with E-state index in [9.17, 15) is 36.7 Å². The Bertz CT molecular complexity index is 1380. The maximum Gasteiger partial charge on any atom is 4.00 e. The number of rotatable bonds is 2. The third-order valence-electron chi connectivity index (χ3n) is 7.22. The van der Waals surface area contributed by atoms with Gasteiger partial charge in [-0.15, -0.1) is 36.4 Å². The summed E-state index contributed by atoms with van der Waals surface area (Å²) in [6.07, 6.45) is 0. The molecule has 232 valence electrons. The van der Waals surface area contributed by atoms with Gasteiger partial charge in [0.1, 0.15) is 0 Å². The molecule has 4 aromatic carbocycles. The second-order valence-corrected chi connectivity index (χ2v) is 10.1. The monoisotopic (exact) mass is 654 g/mol. The van der Waals surface area contributed by atoms with Crippen molar-refractivity contribution in [2.75, 3.05) is 9.80 Å². The van der Waals surface area contributed by atoms with E-state index in [1.165, 1.54) is 0 Å². The molecule has 0 bridgehead atoms. The smallest absolute Gasteiger partial charge is 0.303 e. The first-order valence-corrected chi connectivity index (χ1v) is 13.7. The maximum atomic E-state index is 13.5. The number of hydrogen-bond acceptors (Lipinski definition) is 4. The second kappa shape index (κ2) is 16.8. The maximum absolute atomic E-state index is 13.5. The van der Waals surface area contributed by atoms with Gasteiger partial charge in [0.25, 0.3) is 0 Å². The van der Waals surface area contributed by atoms with Gasteiger partial charge in [0.2, 0.25) is 23.6 Å². The number of anilines is 2. The first-order valence-electron chi connectivity index (χ1n) is 13.7. The van der Waals surface area contributed by atoms with Crippen molar-refractivity contribution >= 4 is 35.0 Å². The minimum atomic E-state index is -1.03. The number of amides is 4. The van der Waals surface area contributed by atoms with E-state index in [1.54, 1.807) is 39.8 Å². The first-order chi connectivity index (χ1) is 20.9. The average molecular weight is 654 g/mol. The van der Waals surface area contributed by atoms with Crippen molar-refractivity contribution in [3.05, 3.63) is 120 Å². The van der Waals surface area contributed by atoms with Crippen molar-refractivity contribution in [2.24, 2.45) is 23.7 Å². The van der Waals surface area contributed by atoms with E-state index in [0.29, 0.717) is 0 Å². The molecule has 4 atom stereocenters. The number of benzene rings is 2. The van der Waals surface area contributed by atoms with Crippen LogP contribution in [0.3, 0.4) is 0 Å². The van der Waals surface area contributed by atoms with Gasteiger partial charge in [-0.25, -0.2) is 41.8 Å². The molecule has 0 aromatic heterocycles. The van der Waals surface area contributed by atoms with Crippen LogP contribution >= 0.6 is 0 Å². The molecule has 0 radical (unpaired) electrons. The van der Waals surface area contributed by atoms with Gasteiger partial charge in [0.15, 0.2) is 0 Å². The van der Waals surface area contributed by atoms with E-state index in [0.717, 1.165) is 34.1 Å². The molecular weight excluding hydrogens is 624 g/mol. The Hall–Kier alpha value is -4.15. The van der Waals surface area contributed by atoms with Crippen LogP contribution in [0.5, 0.6) is 0 Å². The van der Waals surface area contributed by atoms with Crippen LogP contribution in [0.25, 0.3) is 0 Å². The Morgan fingerprint density at radius 1 is 0.533 bits per heavy atom. The van der Waals surface area contributed by atoms with Crippen LogP contribution in [0, 0.1) is 59.1 Å². The Morgan fingerprint density at radius 3 is 1.00 bits per heavy atom. The van der Waals surface area contributed by atoms with E-state index in [-0.39, 0.29) is 33.1 Å². The molecule has 2 fully saturated rings. The fraction of sp³-hybridized carbons (Fsp3) is 0.235. The fourth-order valence-electron chi connectivity index (χ4n) is 4.22. The number of carbonyl (C=O) groups is 4. The van der Waals surface area contributed by atoms with Crippen LogP contribution in [0.4, 0.5) is 28.9 Å². The summed E-state index contributed by atoms with van der Waals surface area (Å²) in [5.41, 5.74) is -0.477. The van der Waals surface area contributed by atoms with Crippen molar-refractivity contribution in [3.8, 4) is 0 Å². The van der Waals surface area contributed by atoms with Crippen molar-refractivity contribution in [1.29, 1.82) is 0 Å². The first kappa shape index (κ1) is 37.0. The van der Waals surface area contributed by atoms with Crippen molar-refractivity contribution in [2.45, 2.75) is 27.7 Å². The molecule has 2 aliphatic heterocycles. The van der Waals surface area contributed by atoms with Gasteiger partial charge in [-0.2, -0.15) is 36.4 Å². The van der Waals surface area contributed by atoms with Crippen LogP contribution in [-0.2, 0) is 40.9 Å². The molecule has 0 saturated carbocycles. The van der Waals surface area contributed by atoms with Crippen LogP contribution < -0.4 is 9.80 Å². The van der Waals surface area contributed by atoms with Crippen molar-refractivity contribution < 1.29 is 58.5 Å². The zero-order chi connectivity index (χ0) is 32.6. The summed E-state index contributed by atoms with van der Waals surface area (Å²) in [6.45, 7) is 6.43. The van der Waals surface area contributed by atoms with Gasteiger partial charge in [-0.1, -0.05) is 27.7 Å². The minimum Gasteiger partial charge on any atom is -0.303 e. The quantitative estimate of drug-likeness (QED) is 0.105. The molecule has 0 N–H and O–H groups in total. The predicted molar refractivity (Wildman–Crippen MR) is 156 cm³/mol. The minimum absolute atomic E-state index is 0. The van der Waals surface area contributed by atoms with E-state index < -0.39 is 70.6 Å². The molecule has 0 aliphatic carbocycles. The number of hydrogen-bond donors (Lipinski definition) is 0. The summed E-state index contributed by atoms with van der Waals surface area (Å²) in [4.78, 5) is 48.7. The number of nitrogens with zero attached hydrogens (tertiary/aromatic N) is 2. The average Bonchev–Trinajstić information content (AvgIpc) is 3.82. The van der Waals surface area contributed by atoms with Gasteiger partial charge in [0.05, 0.1) is 0 Å². The molecule has 11 heteroatoms. The summed E-state index contributed by atoms with van der Waals surface area (Å²) in [7, 11) is 0. The zero-order valence-corrected chi connectivity index (χ0v) is 26.5. The molecule has 4 amide bonds. The van der Waals surface area contributed by atoms with Crippen molar-refractivity contribution in [1.82, 2.24) is 0 Å². The van der Waals surface area contributed by atoms with E-state index in [2.05, 4.69) is 0 Å². The van der Waals surface area contributed by atoms with Crippen LogP contribution in [-0.4, -0.2) is 23.6 Å². The Kier molecular flexibility index (Phi) is 13.8. The van der Waals surface area contributed by atoms with Gasteiger partial charge in [-0.05, 0) is 11.4 Å². The summed E-state index contributed by atoms with van der Waals surface area (Å²) in [5, 5.41) is 0. The molecule has 2 aliphatic rings. The predicted octanol–water partition coefficient (Wildman–Crippen LogP) is 6.63. The van der Waals surface area contributed by atoms with Crippen LogP contribution in [0.15, 0.2) is 84.9 Å². The van der Waals surface area contributed by atoms with Gasteiger partial charge in [-0.3, -0.25) is 19.2 Å². The summed E-state index contributed by atoms with van der Waals surface area (Å²) < 4.78 is 52.3. The third kappa shape index (κ3) is 8.96. The third-order valence-corrected chi connectivity index (χ3v) is 7.22. The topological polar surface area (TPSA) is 74.8 Å². The van der Waals surface area contributed by atoms with E-state index >= 15 is 0 Å². The molecule has 0 spiro atoms. The van der Waals surface area contributed by atoms with Gasteiger partial charge < -0.3 is 9.80 Å². The normalized spacial score (nSPS) is 20.4. The Morgan fingerprint density at radius 2 is 0.800 bits per heavy atom. The molecule has 2 saturated heterocycles. The number of carbonyl (C=O) groups excluding carboxylic acids is 4. The molecule has 6 rings (SSSR count). The fourth-order valence-corrected chi connectivity index (χ4v) is 4.22. The molecule has 4 unspecified atom stereocenters. The molecule has 4 aromatic rings. The second-order valence-electron chi connectivity index (χ2n) is 10.1. The molecule has 6 nitrogen and oxygen atoms in total. The summed E-state index contributed by atoms with van der Waals surface area (Å²) >= 11 is 0. The SMILES string of the molecule is CC1C(=O)N(c2ccc(F)[c-]c2F)C(=O)C1C.CC1C(=O)N(c2ccc(F)[c-]c2F)C(=O)C1C.[Ti+4].c1cc[cH-]c1.c1cc[cH-]c1. The molecule has 45 heavy (non-hydrogen) atoms. The number of imide groups is 2. The van der Waals surface area contributed by atoms with Crippen LogP contribution in [0.1, 0.15) is 27.7 Å². The van der Waals surface area contributed by atoms with Gasteiger partial charge >= 0.3 is 21.7 Å². The van der Waals surface area contributed by atoms with E-state index in [4.69, 9.17) is 0 Å². The number of halogens is 4. The Labute approximate surface area is 274 Å². The summed E-state index contributed by atoms with van der Waals surface area (Å²) in [5.74, 6) is -7.66. The Balaban J connectivity index is 0.000000235. The molecular formula is C34H30F4N2O4Ti. The standard InChI is InChI=1S/2C12H10F2NO2.2C5H5.Ti/c2*1-6-7(2)12(17)15(11(6)16)10-4-3-8(13)5-9(10)14;2*1-2-4-5-3-1;/h2*3-4,6-7H,1-2H3;2*1-5H;/q4*-1;+4. The molecule has 2 heterocycles. The van der Waals surface area contributed by atoms with Crippen molar-refractivity contribution in [3.63, 3.8) is 0 Å².